The van der Waals surface area contributed by atoms with Crippen LogP contribution in [-0.4, -0.2) is 25.4 Å². The molecule has 124 valence electrons. The Balaban J connectivity index is 1.84. The van der Waals surface area contributed by atoms with Gasteiger partial charge in [0.05, 0.1) is 14.2 Å². The van der Waals surface area contributed by atoms with Gasteiger partial charge in [0.2, 0.25) is 0 Å². The van der Waals surface area contributed by atoms with Crippen molar-refractivity contribution >= 4 is 0 Å². The minimum Gasteiger partial charge on any atom is -0.508 e. The molecule has 0 spiro atoms. The van der Waals surface area contributed by atoms with E-state index >= 15 is 0 Å². The van der Waals surface area contributed by atoms with Gasteiger partial charge in [-0.3, -0.25) is 0 Å². The van der Waals surface area contributed by atoms with Crippen molar-refractivity contribution in [3.05, 3.63) is 53.6 Å². The summed E-state index contributed by atoms with van der Waals surface area (Å²) in [6, 6.07) is 13.7. The fourth-order valence-corrected chi connectivity index (χ4v) is 2.43. The molecule has 23 heavy (non-hydrogen) atoms. The minimum absolute atomic E-state index is 0.312. The molecule has 2 aromatic carbocycles. The van der Waals surface area contributed by atoms with Crippen molar-refractivity contribution in [3.8, 4) is 17.2 Å². The lowest BCUT2D eigenvalue weighted by Gasteiger charge is -2.16. The second-order valence-electron chi connectivity index (χ2n) is 5.66. The lowest BCUT2D eigenvalue weighted by Crippen LogP contribution is -2.26. The highest BCUT2D eigenvalue weighted by molar-refractivity contribution is 5.40. The van der Waals surface area contributed by atoms with Crippen LogP contribution in [0.3, 0.4) is 0 Å². The zero-order valence-electron chi connectivity index (χ0n) is 14.0. The third kappa shape index (κ3) is 5.18. The van der Waals surface area contributed by atoms with E-state index in [4.69, 9.17) is 9.47 Å². The van der Waals surface area contributed by atoms with Crippen LogP contribution in [0.2, 0.25) is 0 Å². The van der Waals surface area contributed by atoms with E-state index in [2.05, 4.69) is 12.2 Å². The monoisotopic (exact) mass is 315 g/mol. The average Bonchev–Trinajstić information content (AvgIpc) is 2.59. The van der Waals surface area contributed by atoms with Crippen LogP contribution in [0, 0.1) is 0 Å². The minimum atomic E-state index is 0.312. The van der Waals surface area contributed by atoms with Crippen molar-refractivity contribution in [2.75, 3.05) is 14.2 Å². The summed E-state index contributed by atoms with van der Waals surface area (Å²) >= 11 is 0. The highest BCUT2D eigenvalue weighted by Gasteiger charge is 2.07. The summed E-state index contributed by atoms with van der Waals surface area (Å²) in [5.41, 5.74) is 2.35. The Labute approximate surface area is 138 Å². The standard InChI is InChI=1S/C19H25NO3/c1-14(4-5-15-6-9-17(21)10-7-15)20-13-16-8-11-18(22-2)12-19(16)23-3/h6-12,14,20-21H,4-5,13H2,1-3H3/t14-/m0/s1. The SMILES string of the molecule is COc1ccc(CN[C@@H](C)CCc2ccc(O)cc2)c(OC)c1. The lowest BCUT2D eigenvalue weighted by atomic mass is 10.1. The molecule has 2 aromatic rings. The summed E-state index contributed by atoms with van der Waals surface area (Å²) in [5.74, 6) is 1.94. The zero-order chi connectivity index (χ0) is 16.7. The molecule has 0 aromatic heterocycles. The number of methoxy groups -OCH3 is 2. The highest BCUT2D eigenvalue weighted by atomic mass is 16.5. The van der Waals surface area contributed by atoms with Gasteiger partial charge in [-0.05, 0) is 43.5 Å². The van der Waals surface area contributed by atoms with Gasteiger partial charge in [0.1, 0.15) is 17.2 Å². The van der Waals surface area contributed by atoms with Crippen molar-refractivity contribution in [1.29, 1.82) is 0 Å². The number of phenolic OH excluding ortho intramolecular Hbond substituents is 1. The molecule has 4 heteroatoms. The first-order valence-electron chi connectivity index (χ1n) is 7.84. The Morgan fingerprint density at radius 3 is 2.43 bits per heavy atom. The Bertz CT molecular complexity index is 611. The molecule has 2 N–H and O–H groups in total. The van der Waals surface area contributed by atoms with Crippen LogP contribution in [0.15, 0.2) is 42.5 Å². The molecule has 0 bridgehead atoms. The maximum absolute atomic E-state index is 9.30. The summed E-state index contributed by atoms with van der Waals surface area (Å²) in [5, 5.41) is 12.8. The Morgan fingerprint density at radius 2 is 1.78 bits per heavy atom. The van der Waals surface area contributed by atoms with Crippen molar-refractivity contribution in [1.82, 2.24) is 5.32 Å². The van der Waals surface area contributed by atoms with Crippen LogP contribution in [0.25, 0.3) is 0 Å². The summed E-state index contributed by atoms with van der Waals surface area (Å²) in [6.07, 6.45) is 2.01. The molecule has 0 saturated carbocycles. The maximum atomic E-state index is 9.30. The van der Waals surface area contributed by atoms with Gasteiger partial charge >= 0.3 is 0 Å². The molecule has 0 amide bonds. The number of phenols is 1. The topological polar surface area (TPSA) is 50.7 Å². The zero-order valence-corrected chi connectivity index (χ0v) is 14.0. The molecule has 1 atom stereocenters. The number of nitrogens with one attached hydrogen (secondary N) is 1. The van der Waals surface area contributed by atoms with Gasteiger partial charge in [-0.25, -0.2) is 0 Å². The predicted octanol–water partition coefficient (Wildman–Crippen LogP) is 3.52. The second kappa shape index (κ2) is 8.44. The maximum Gasteiger partial charge on any atom is 0.127 e. The van der Waals surface area contributed by atoms with Crippen molar-refractivity contribution in [2.45, 2.75) is 32.4 Å². The van der Waals surface area contributed by atoms with Gasteiger partial charge in [0.15, 0.2) is 0 Å². The number of aromatic hydroxyl groups is 1. The molecule has 0 aliphatic rings. The van der Waals surface area contributed by atoms with Crippen LogP contribution < -0.4 is 14.8 Å². The van der Waals surface area contributed by atoms with Crippen LogP contribution >= 0.6 is 0 Å². The Morgan fingerprint density at radius 1 is 1.04 bits per heavy atom. The third-order valence-corrected chi connectivity index (χ3v) is 3.94. The van der Waals surface area contributed by atoms with E-state index in [-0.39, 0.29) is 0 Å². The van der Waals surface area contributed by atoms with Gasteiger partial charge in [-0.1, -0.05) is 18.2 Å². The van der Waals surface area contributed by atoms with Gasteiger partial charge in [-0.15, -0.1) is 0 Å². The average molecular weight is 315 g/mol. The Kier molecular flexibility index (Phi) is 6.29. The van der Waals surface area contributed by atoms with Gasteiger partial charge in [0.25, 0.3) is 0 Å². The van der Waals surface area contributed by atoms with Gasteiger partial charge in [0, 0.05) is 24.2 Å². The van der Waals surface area contributed by atoms with E-state index in [1.54, 1.807) is 26.4 Å². The second-order valence-corrected chi connectivity index (χ2v) is 5.66. The molecule has 0 aliphatic carbocycles. The summed E-state index contributed by atoms with van der Waals surface area (Å²) in [4.78, 5) is 0. The normalized spacial score (nSPS) is 12.0. The molecule has 0 unspecified atom stereocenters. The summed E-state index contributed by atoms with van der Waals surface area (Å²) < 4.78 is 10.6. The fraction of sp³-hybridized carbons (Fsp3) is 0.368. The molecule has 0 fully saturated rings. The molecule has 0 radical (unpaired) electrons. The number of rotatable bonds is 8. The van der Waals surface area contributed by atoms with Crippen LogP contribution in [0.5, 0.6) is 17.2 Å². The van der Waals surface area contributed by atoms with Crippen LogP contribution in [-0.2, 0) is 13.0 Å². The number of aryl methyl sites for hydroxylation is 1. The van der Waals surface area contributed by atoms with E-state index in [9.17, 15) is 5.11 Å². The molecule has 2 rings (SSSR count). The number of ether oxygens (including phenoxy) is 2. The van der Waals surface area contributed by atoms with E-state index in [0.717, 1.165) is 36.4 Å². The van der Waals surface area contributed by atoms with Crippen LogP contribution in [0.4, 0.5) is 0 Å². The number of hydrogen-bond donors (Lipinski definition) is 2. The molecule has 0 saturated heterocycles. The first-order chi connectivity index (χ1) is 11.1. The highest BCUT2D eigenvalue weighted by Crippen LogP contribution is 2.24. The number of benzene rings is 2. The largest absolute Gasteiger partial charge is 0.508 e. The predicted molar refractivity (Wildman–Crippen MR) is 92.3 cm³/mol. The smallest absolute Gasteiger partial charge is 0.127 e. The van der Waals surface area contributed by atoms with Crippen molar-refractivity contribution in [3.63, 3.8) is 0 Å². The summed E-state index contributed by atoms with van der Waals surface area (Å²) in [7, 11) is 3.32. The molecular weight excluding hydrogens is 290 g/mol. The Hall–Kier alpha value is -2.20. The van der Waals surface area contributed by atoms with Crippen molar-refractivity contribution in [2.24, 2.45) is 0 Å². The molecule has 4 nitrogen and oxygen atoms in total. The molecular formula is C19H25NO3. The van der Waals surface area contributed by atoms with E-state index < -0.39 is 0 Å². The first kappa shape index (κ1) is 17.2. The number of hydrogen-bond acceptors (Lipinski definition) is 4. The quantitative estimate of drug-likeness (QED) is 0.782. The van der Waals surface area contributed by atoms with E-state index in [1.807, 2.05) is 30.3 Å². The molecule has 0 heterocycles. The van der Waals surface area contributed by atoms with E-state index in [1.165, 1.54) is 5.56 Å². The van der Waals surface area contributed by atoms with Gasteiger partial charge < -0.3 is 19.9 Å². The summed E-state index contributed by atoms with van der Waals surface area (Å²) in [6.45, 7) is 2.93. The fourth-order valence-electron chi connectivity index (χ4n) is 2.43. The lowest BCUT2D eigenvalue weighted by molar-refractivity contribution is 0.388. The van der Waals surface area contributed by atoms with E-state index in [0.29, 0.717) is 11.8 Å². The van der Waals surface area contributed by atoms with Crippen LogP contribution in [0.1, 0.15) is 24.5 Å². The third-order valence-electron chi connectivity index (χ3n) is 3.94. The van der Waals surface area contributed by atoms with Gasteiger partial charge in [-0.2, -0.15) is 0 Å². The molecule has 0 aliphatic heterocycles. The van der Waals surface area contributed by atoms with Crippen molar-refractivity contribution < 1.29 is 14.6 Å². The first-order valence-corrected chi connectivity index (χ1v) is 7.84.